The molecule has 6 heteroatoms. The molecular weight excluding hydrogens is 426 g/mol. The fraction of sp³-hybridized carbons (Fsp3) is 0.143. The topological polar surface area (TPSA) is 73.6 Å². The van der Waals surface area contributed by atoms with Gasteiger partial charge >= 0.3 is 5.97 Å². The highest BCUT2D eigenvalue weighted by atomic mass is 16.5. The number of esters is 1. The molecule has 6 nitrogen and oxygen atoms in total. The van der Waals surface area contributed by atoms with E-state index in [0.29, 0.717) is 33.5 Å². The first kappa shape index (κ1) is 21.5. The Balaban J connectivity index is 1.51. The molecule has 0 unspecified atom stereocenters. The molecular formula is C28H23N3O3. The van der Waals surface area contributed by atoms with Crippen LogP contribution in [-0.4, -0.2) is 20.3 Å². The third-order valence-electron chi connectivity index (χ3n) is 5.82. The van der Waals surface area contributed by atoms with Crippen molar-refractivity contribution in [2.24, 2.45) is 0 Å². The minimum atomic E-state index is -0.490. The van der Waals surface area contributed by atoms with Crippen molar-refractivity contribution >= 4 is 22.5 Å². The number of hydrogen-bond donors (Lipinski definition) is 0. The Hall–Kier alpha value is -4.32. The van der Waals surface area contributed by atoms with E-state index in [1.165, 1.54) is 10.5 Å². The molecule has 0 N–H and O–H groups in total. The van der Waals surface area contributed by atoms with Crippen molar-refractivity contribution in [3.8, 4) is 11.3 Å². The molecule has 0 spiro atoms. The number of benzene rings is 2. The summed E-state index contributed by atoms with van der Waals surface area (Å²) in [6.45, 7) is 5.90. The van der Waals surface area contributed by atoms with Gasteiger partial charge in [0, 0.05) is 23.2 Å². The maximum atomic E-state index is 13.2. The van der Waals surface area contributed by atoms with Crippen LogP contribution in [-0.2, 0) is 11.3 Å². The minimum absolute atomic E-state index is 0.103. The Morgan fingerprint density at radius 2 is 1.71 bits per heavy atom. The summed E-state index contributed by atoms with van der Waals surface area (Å²) in [5, 5.41) is 0.711. The van der Waals surface area contributed by atoms with E-state index in [9.17, 15) is 9.59 Å². The highest BCUT2D eigenvalue weighted by molar-refractivity contribution is 6.04. The van der Waals surface area contributed by atoms with E-state index in [2.05, 4.69) is 11.1 Å². The van der Waals surface area contributed by atoms with Crippen LogP contribution in [0.5, 0.6) is 0 Å². The lowest BCUT2D eigenvalue weighted by Gasteiger charge is -2.12. The van der Waals surface area contributed by atoms with Crippen molar-refractivity contribution in [2.45, 2.75) is 27.4 Å². The van der Waals surface area contributed by atoms with Gasteiger partial charge in [0.05, 0.1) is 22.5 Å². The van der Waals surface area contributed by atoms with E-state index >= 15 is 0 Å². The van der Waals surface area contributed by atoms with Gasteiger partial charge in [-0.1, -0.05) is 42.0 Å². The summed E-state index contributed by atoms with van der Waals surface area (Å²) >= 11 is 0. The maximum absolute atomic E-state index is 13.2. The molecule has 0 radical (unpaired) electrons. The summed E-state index contributed by atoms with van der Waals surface area (Å²) in [5.41, 5.74) is 6.74. The summed E-state index contributed by atoms with van der Waals surface area (Å²) in [4.78, 5) is 34.9. The van der Waals surface area contributed by atoms with Crippen LogP contribution in [0, 0.1) is 20.8 Å². The first-order valence-corrected chi connectivity index (χ1v) is 11.0. The monoisotopic (exact) mass is 449 g/mol. The van der Waals surface area contributed by atoms with Gasteiger partial charge in [0.15, 0.2) is 0 Å². The zero-order valence-corrected chi connectivity index (χ0v) is 19.2. The minimum Gasteiger partial charge on any atom is -0.456 e. The first-order chi connectivity index (χ1) is 16.4. The Morgan fingerprint density at radius 3 is 2.53 bits per heavy atom. The fourth-order valence-corrected chi connectivity index (χ4v) is 4.13. The van der Waals surface area contributed by atoms with Crippen LogP contribution in [0.15, 0.2) is 77.7 Å². The van der Waals surface area contributed by atoms with E-state index in [-0.39, 0.29) is 12.2 Å². The number of carbonyl (C=O) groups excluding carboxylic acids is 1. The summed E-state index contributed by atoms with van der Waals surface area (Å²) < 4.78 is 7.08. The molecule has 0 saturated carbocycles. The molecule has 34 heavy (non-hydrogen) atoms. The number of pyridine rings is 2. The van der Waals surface area contributed by atoms with Crippen LogP contribution in [0.2, 0.25) is 0 Å². The predicted octanol–water partition coefficient (Wildman–Crippen LogP) is 5.19. The number of hydrogen-bond acceptors (Lipinski definition) is 5. The van der Waals surface area contributed by atoms with E-state index in [1.54, 1.807) is 12.3 Å². The van der Waals surface area contributed by atoms with Gasteiger partial charge in [0.1, 0.15) is 12.3 Å². The number of fused-ring (bicyclic) bond motifs is 2. The van der Waals surface area contributed by atoms with Crippen LogP contribution in [0.1, 0.15) is 32.7 Å². The summed E-state index contributed by atoms with van der Waals surface area (Å²) in [7, 11) is 0. The van der Waals surface area contributed by atoms with Gasteiger partial charge in [-0.2, -0.15) is 0 Å². The Bertz CT molecular complexity index is 1640. The van der Waals surface area contributed by atoms with Crippen molar-refractivity contribution in [3.05, 3.63) is 111 Å². The molecule has 168 valence electrons. The van der Waals surface area contributed by atoms with E-state index in [4.69, 9.17) is 9.72 Å². The average Bonchev–Trinajstić information content (AvgIpc) is 2.81. The van der Waals surface area contributed by atoms with Crippen molar-refractivity contribution in [2.75, 3.05) is 0 Å². The molecule has 3 aromatic heterocycles. The Kier molecular flexibility index (Phi) is 5.42. The van der Waals surface area contributed by atoms with E-state index in [0.717, 1.165) is 22.3 Å². The smallest absolute Gasteiger partial charge is 0.339 e. The normalized spacial score (nSPS) is 11.1. The molecule has 0 saturated heterocycles. The molecule has 0 amide bonds. The number of ether oxygens (including phenoxy) is 1. The molecule has 0 aliphatic heterocycles. The summed E-state index contributed by atoms with van der Waals surface area (Å²) in [6.07, 6.45) is 1.69. The lowest BCUT2D eigenvalue weighted by molar-refractivity contribution is 0.0470. The average molecular weight is 450 g/mol. The number of aromatic nitrogens is 3. The molecule has 5 rings (SSSR count). The van der Waals surface area contributed by atoms with Gasteiger partial charge in [-0.15, -0.1) is 0 Å². The standard InChI is InChI=1S/C28H23N3O3/c1-17-8-9-21(19(3)12-17)25-15-23(22-6-4-5-7-24(22)30-25)28(33)34-16-20-14-27(32)31-11-10-18(2)13-26(31)29-20/h4-15H,16H2,1-3H3. The van der Waals surface area contributed by atoms with Gasteiger partial charge in [-0.25, -0.2) is 14.8 Å². The highest BCUT2D eigenvalue weighted by Gasteiger charge is 2.17. The van der Waals surface area contributed by atoms with Gasteiger partial charge in [-0.3, -0.25) is 9.20 Å². The summed E-state index contributed by atoms with van der Waals surface area (Å²) in [5.74, 6) is -0.490. The maximum Gasteiger partial charge on any atom is 0.339 e. The number of nitrogens with zero attached hydrogens (tertiary/aromatic N) is 3. The largest absolute Gasteiger partial charge is 0.456 e. The van der Waals surface area contributed by atoms with Gasteiger partial charge in [0.2, 0.25) is 0 Å². The number of rotatable bonds is 4. The highest BCUT2D eigenvalue weighted by Crippen LogP contribution is 2.28. The number of para-hydroxylation sites is 1. The van der Waals surface area contributed by atoms with E-state index in [1.807, 2.05) is 69.3 Å². The molecule has 0 atom stereocenters. The quantitative estimate of drug-likeness (QED) is 0.353. The van der Waals surface area contributed by atoms with Crippen molar-refractivity contribution < 1.29 is 9.53 Å². The second kappa shape index (κ2) is 8.56. The second-order valence-electron chi connectivity index (χ2n) is 8.48. The van der Waals surface area contributed by atoms with Crippen LogP contribution in [0.4, 0.5) is 0 Å². The first-order valence-electron chi connectivity index (χ1n) is 11.0. The molecule has 0 bridgehead atoms. The molecule has 0 aliphatic rings. The lowest BCUT2D eigenvalue weighted by atomic mass is 9.99. The van der Waals surface area contributed by atoms with Crippen LogP contribution < -0.4 is 5.56 Å². The molecule has 5 aromatic rings. The zero-order valence-electron chi connectivity index (χ0n) is 19.2. The van der Waals surface area contributed by atoms with Crippen molar-refractivity contribution in [3.63, 3.8) is 0 Å². The lowest BCUT2D eigenvalue weighted by Crippen LogP contribution is -2.16. The third kappa shape index (κ3) is 4.06. The molecule has 0 aliphatic carbocycles. The Labute approximate surface area is 196 Å². The molecule has 3 heterocycles. The van der Waals surface area contributed by atoms with Gasteiger partial charge < -0.3 is 4.74 Å². The van der Waals surface area contributed by atoms with Gasteiger partial charge in [-0.05, 0) is 56.2 Å². The third-order valence-corrected chi connectivity index (χ3v) is 5.82. The SMILES string of the molecule is Cc1ccc(-c2cc(C(=O)OCc3cc(=O)n4ccc(C)cc4n3)c3ccccc3n2)c(C)c1. The van der Waals surface area contributed by atoms with Crippen LogP contribution in [0.25, 0.3) is 27.8 Å². The molecule has 2 aromatic carbocycles. The number of aryl methyl sites for hydroxylation is 3. The Morgan fingerprint density at radius 1 is 0.912 bits per heavy atom. The number of carbonyl (C=O) groups is 1. The predicted molar refractivity (Wildman–Crippen MR) is 132 cm³/mol. The summed E-state index contributed by atoms with van der Waals surface area (Å²) in [6, 6.07) is 20.5. The van der Waals surface area contributed by atoms with Crippen molar-refractivity contribution in [1.82, 2.24) is 14.4 Å². The van der Waals surface area contributed by atoms with Crippen LogP contribution in [0.3, 0.4) is 0 Å². The zero-order chi connectivity index (χ0) is 23.8. The van der Waals surface area contributed by atoms with Gasteiger partial charge in [0.25, 0.3) is 5.56 Å². The van der Waals surface area contributed by atoms with Crippen molar-refractivity contribution in [1.29, 1.82) is 0 Å². The van der Waals surface area contributed by atoms with Crippen LogP contribution >= 0.6 is 0 Å². The second-order valence-corrected chi connectivity index (χ2v) is 8.48. The van der Waals surface area contributed by atoms with E-state index < -0.39 is 5.97 Å². The molecule has 0 fully saturated rings. The fourth-order valence-electron chi connectivity index (χ4n) is 4.13.